The normalized spacial score (nSPS) is 9.61. The molecule has 1 aromatic rings. The number of aromatic nitrogens is 3. The molecule has 0 aromatic carbocycles. The number of hydrogen-bond acceptors (Lipinski definition) is 6. The van der Waals surface area contributed by atoms with Gasteiger partial charge in [-0.2, -0.15) is 0 Å². The number of halogens is 1. The first-order valence-electron chi connectivity index (χ1n) is 5.22. The molecule has 0 amide bonds. The lowest BCUT2D eigenvalue weighted by molar-refractivity contribution is 0.262. The van der Waals surface area contributed by atoms with Crippen LogP contribution in [0, 0.1) is 0 Å². The van der Waals surface area contributed by atoms with E-state index in [9.17, 15) is 0 Å². The highest BCUT2D eigenvalue weighted by Gasteiger charge is 2.09. The van der Waals surface area contributed by atoms with Crippen LogP contribution in [0.15, 0.2) is 25.3 Å². The van der Waals surface area contributed by atoms with Crippen molar-refractivity contribution in [3.05, 3.63) is 25.3 Å². The second-order valence-electron chi connectivity index (χ2n) is 2.92. The van der Waals surface area contributed by atoms with Crippen molar-refractivity contribution in [1.29, 1.82) is 0 Å². The van der Waals surface area contributed by atoms with Crippen molar-refractivity contribution in [3.63, 3.8) is 0 Å². The van der Waals surface area contributed by atoms with E-state index in [1.807, 2.05) is 0 Å². The maximum atomic E-state index is 5.51. The first kappa shape index (κ1) is 14.2. The smallest absolute Gasteiger partial charge is 0.326 e. The first-order valence-corrected chi connectivity index (χ1v) is 5.75. The van der Waals surface area contributed by atoms with Gasteiger partial charge in [-0.3, -0.25) is 0 Å². The molecule has 0 atom stereocenters. The van der Waals surface area contributed by atoms with E-state index in [4.69, 9.17) is 25.8 Å². The standard InChI is InChI=1S/C11H14ClN3O3/c1-3-6-16-9-13-10(17-7-4-2)15-11(14-9)18-8-5-12/h3-4H,1-2,5-8H2. The fourth-order valence-electron chi connectivity index (χ4n) is 0.911. The maximum Gasteiger partial charge on any atom is 0.326 e. The van der Waals surface area contributed by atoms with E-state index in [0.29, 0.717) is 5.88 Å². The van der Waals surface area contributed by atoms with E-state index in [0.717, 1.165) is 0 Å². The monoisotopic (exact) mass is 271 g/mol. The lowest BCUT2D eigenvalue weighted by atomic mass is 10.7. The van der Waals surface area contributed by atoms with Crippen molar-refractivity contribution in [2.45, 2.75) is 0 Å². The minimum atomic E-state index is 0.101. The minimum Gasteiger partial charge on any atom is -0.462 e. The highest BCUT2D eigenvalue weighted by atomic mass is 35.5. The topological polar surface area (TPSA) is 66.4 Å². The Morgan fingerprint density at radius 1 is 0.889 bits per heavy atom. The molecule has 0 saturated heterocycles. The van der Waals surface area contributed by atoms with E-state index < -0.39 is 0 Å². The maximum absolute atomic E-state index is 5.51. The first-order chi connectivity index (χ1) is 8.80. The number of rotatable bonds is 9. The Kier molecular flexibility index (Phi) is 6.56. The lowest BCUT2D eigenvalue weighted by Crippen LogP contribution is -2.08. The van der Waals surface area contributed by atoms with Gasteiger partial charge < -0.3 is 14.2 Å². The Morgan fingerprint density at radius 3 is 1.72 bits per heavy atom. The Bertz CT molecular complexity index is 371. The highest BCUT2D eigenvalue weighted by molar-refractivity contribution is 6.17. The fourth-order valence-corrected chi connectivity index (χ4v) is 0.988. The molecule has 0 saturated carbocycles. The molecule has 0 radical (unpaired) electrons. The second-order valence-corrected chi connectivity index (χ2v) is 3.30. The summed E-state index contributed by atoms with van der Waals surface area (Å²) in [5, 5.41) is 0. The summed E-state index contributed by atoms with van der Waals surface area (Å²) in [5.41, 5.74) is 0. The molecule has 0 spiro atoms. The van der Waals surface area contributed by atoms with Crippen LogP contribution < -0.4 is 14.2 Å². The number of hydrogen-bond donors (Lipinski definition) is 0. The molecule has 1 aromatic heterocycles. The molecular formula is C11H14ClN3O3. The van der Waals surface area contributed by atoms with Crippen LogP contribution in [0.2, 0.25) is 0 Å². The summed E-state index contributed by atoms with van der Waals surface area (Å²) in [6.07, 6.45) is 3.15. The second kappa shape index (κ2) is 8.30. The van der Waals surface area contributed by atoms with Crippen LogP contribution in [-0.4, -0.2) is 40.7 Å². The summed E-state index contributed by atoms with van der Waals surface area (Å²) in [6, 6.07) is 0.311. The van der Waals surface area contributed by atoms with Gasteiger partial charge in [0.15, 0.2) is 0 Å². The van der Waals surface area contributed by atoms with Crippen LogP contribution in [0.1, 0.15) is 0 Å². The third kappa shape index (κ3) is 5.01. The van der Waals surface area contributed by atoms with Crippen molar-refractivity contribution in [2.24, 2.45) is 0 Å². The van der Waals surface area contributed by atoms with Gasteiger partial charge in [-0.1, -0.05) is 25.3 Å². The van der Waals surface area contributed by atoms with Gasteiger partial charge in [0.05, 0.1) is 5.88 Å². The van der Waals surface area contributed by atoms with Gasteiger partial charge in [-0.25, -0.2) is 0 Å². The molecule has 0 aliphatic rings. The predicted molar refractivity (Wildman–Crippen MR) is 67.4 cm³/mol. The Hall–Kier alpha value is -1.82. The Morgan fingerprint density at radius 2 is 1.33 bits per heavy atom. The van der Waals surface area contributed by atoms with Gasteiger partial charge in [0, 0.05) is 0 Å². The summed E-state index contributed by atoms with van der Waals surface area (Å²) < 4.78 is 15.6. The van der Waals surface area contributed by atoms with Gasteiger partial charge in [0.25, 0.3) is 0 Å². The molecule has 98 valence electrons. The number of nitrogens with zero attached hydrogens (tertiary/aromatic N) is 3. The lowest BCUT2D eigenvalue weighted by Gasteiger charge is -2.07. The van der Waals surface area contributed by atoms with E-state index in [2.05, 4.69) is 28.1 Å². The summed E-state index contributed by atoms with van der Waals surface area (Å²) in [4.78, 5) is 11.8. The molecule has 0 N–H and O–H groups in total. The summed E-state index contributed by atoms with van der Waals surface area (Å²) in [6.45, 7) is 7.90. The third-order valence-electron chi connectivity index (χ3n) is 1.54. The zero-order chi connectivity index (χ0) is 13.2. The van der Waals surface area contributed by atoms with Crippen molar-refractivity contribution in [2.75, 3.05) is 25.7 Å². The predicted octanol–water partition coefficient (Wildman–Crippen LogP) is 1.62. The van der Waals surface area contributed by atoms with E-state index in [1.165, 1.54) is 0 Å². The van der Waals surface area contributed by atoms with E-state index in [-0.39, 0.29) is 37.9 Å². The number of alkyl halides is 1. The van der Waals surface area contributed by atoms with Crippen molar-refractivity contribution < 1.29 is 14.2 Å². The summed E-state index contributed by atoms with van der Waals surface area (Å²) in [7, 11) is 0. The zero-order valence-corrected chi connectivity index (χ0v) is 10.6. The third-order valence-corrected chi connectivity index (χ3v) is 1.70. The van der Waals surface area contributed by atoms with Crippen molar-refractivity contribution in [1.82, 2.24) is 15.0 Å². The molecule has 0 fully saturated rings. The molecule has 6 nitrogen and oxygen atoms in total. The molecule has 1 heterocycles. The largest absolute Gasteiger partial charge is 0.462 e. The van der Waals surface area contributed by atoms with Gasteiger partial charge in [-0.05, 0) is 0 Å². The average molecular weight is 272 g/mol. The van der Waals surface area contributed by atoms with Gasteiger partial charge >= 0.3 is 18.0 Å². The molecule has 1 rings (SSSR count). The SMILES string of the molecule is C=CCOc1nc(OCC=C)nc(OCCCl)n1. The Labute approximate surface area is 110 Å². The van der Waals surface area contributed by atoms with E-state index in [1.54, 1.807) is 12.2 Å². The van der Waals surface area contributed by atoms with Crippen LogP contribution in [0.3, 0.4) is 0 Å². The van der Waals surface area contributed by atoms with Crippen LogP contribution >= 0.6 is 11.6 Å². The molecule has 0 aliphatic carbocycles. The van der Waals surface area contributed by atoms with E-state index >= 15 is 0 Å². The van der Waals surface area contributed by atoms with Gasteiger partial charge in [0.2, 0.25) is 0 Å². The number of ether oxygens (including phenoxy) is 3. The van der Waals surface area contributed by atoms with Crippen molar-refractivity contribution in [3.8, 4) is 18.0 Å². The quantitative estimate of drug-likeness (QED) is 0.502. The Balaban J connectivity index is 2.80. The molecule has 7 heteroatoms. The average Bonchev–Trinajstić information content (AvgIpc) is 2.40. The molecule has 18 heavy (non-hydrogen) atoms. The molecule has 0 unspecified atom stereocenters. The highest BCUT2D eigenvalue weighted by Crippen LogP contribution is 2.14. The van der Waals surface area contributed by atoms with Crippen LogP contribution in [0.4, 0.5) is 0 Å². The van der Waals surface area contributed by atoms with Crippen LogP contribution in [0.5, 0.6) is 18.0 Å². The molecule has 0 bridgehead atoms. The molecule has 0 aliphatic heterocycles. The minimum absolute atomic E-state index is 0.101. The zero-order valence-electron chi connectivity index (χ0n) is 9.84. The fraction of sp³-hybridized carbons (Fsp3) is 0.364. The van der Waals surface area contributed by atoms with Crippen molar-refractivity contribution >= 4 is 11.6 Å². The molecular weight excluding hydrogens is 258 g/mol. The van der Waals surface area contributed by atoms with Gasteiger partial charge in [0.1, 0.15) is 19.8 Å². The summed E-state index contributed by atoms with van der Waals surface area (Å²) in [5.74, 6) is 0.331. The van der Waals surface area contributed by atoms with Crippen LogP contribution in [0.25, 0.3) is 0 Å². The van der Waals surface area contributed by atoms with Crippen LogP contribution in [-0.2, 0) is 0 Å². The van der Waals surface area contributed by atoms with Gasteiger partial charge in [-0.15, -0.1) is 26.6 Å². The summed E-state index contributed by atoms with van der Waals surface area (Å²) >= 11 is 5.51.